The van der Waals surface area contributed by atoms with Crippen LogP contribution in [0.25, 0.3) is 0 Å². The fraction of sp³-hybridized carbons (Fsp3) is 0.850. The Kier molecular flexibility index (Phi) is 10.3. The lowest BCUT2D eigenvalue weighted by molar-refractivity contribution is -0.180. The molecule has 6 nitrogen and oxygen atoms in total. The van der Waals surface area contributed by atoms with Crippen LogP contribution >= 0.6 is 11.8 Å². The highest BCUT2D eigenvalue weighted by Gasteiger charge is 2.46. The second kappa shape index (κ2) is 11.4. The monoisotopic (exact) mass is 403 g/mol. The van der Waals surface area contributed by atoms with E-state index in [0.717, 1.165) is 25.7 Å². The zero-order chi connectivity index (χ0) is 20.6. The summed E-state index contributed by atoms with van der Waals surface area (Å²) in [5.74, 6) is -0.0542. The minimum Gasteiger partial charge on any atom is -0.480 e. The molecule has 0 aromatic rings. The number of carboxylic acid groups (broad SMARTS) is 1. The number of ether oxygens (including phenoxy) is 1. The van der Waals surface area contributed by atoms with Crippen molar-refractivity contribution >= 4 is 17.7 Å². The molecule has 0 radical (unpaired) electrons. The quantitative estimate of drug-likeness (QED) is 0.293. The maximum absolute atomic E-state index is 11.1. The van der Waals surface area contributed by atoms with Crippen LogP contribution in [0.4, 0.5) is 0 Å². The Bertz CT molecular complexity index is 485. The fourth-order valence-electron chi connectivity index (χ4n) is 3.76. The summed E-state index contributed by atoms with van der Waals surface area (Å²) in [6, 6.07) is -0.609. The van der Waals surface area contributed by atoms with Gasteiger partial charge in [0.2, 0.25) is 0 Å². The molecule has 1 rings (SSSR count). The van der Waals surface area contributed by atoms with Crippen molar-refractivity contribution in [3.8, 4) is 0 Å². The van der Waals surface area contributed by atoms with Crippen LogP contribution in [0.3, 0.4) is 0 Å². The van der Waals surface area contributed by atoms with Gasteiger partial charge in [0.05, 0.1) is 18.8 Å². The number of nitrogens with one attached hydrogen (secondary N) is 1. The first-order chi connectivity index (χ1) is 12.6. The van der Waals surface area contributed by atoms with E-state index in [1.807, 2.05) is 6.92 Å². The van der Waals surface area contributed by atoms with E-state index in [1.165, 1.54) is 17.3 Å². The third-order valence-electron chi connectivity index (χ3n) is 5.43. The average molecular weight is 404 g/mol. The van der Waals surface area contributed by atoms with E-state index in [9.17, 15) is 15.0 Å². The molecule has 27 heavy (non-hydrogen) atoms. The van der Waals surface area contributed by atoms with Crippen molar-refractivity contribution in [3.05, 3.63) is 12.2 Å². The number of thioether (sulfide) groups is 1. The van der Waals surface area contributed by atoms with Gasteiger partial charge in [-0.05, 0) is 38.6 Å². The Morgan fingerprint density at radius 1 is 1.37 bits per heavy atom. The number of hydrogen-bond acceptors (Lipinski definition) is 6. The molecule has 1 saturated heterocycles. The predicted molar refractivity (Wildman–Crippen MR) is 110 cm³/mol. The lowest BCUT2D eigenvalue weighted by Crippen LogP contribution is -2.55. The lowest BCUT2D eigenvalue weighted by atomic mass is 9.68. The van der Waals surface area contributed by atoms with Crippen molar-refractivity contribution in [1.29, 1.82) is 0 Å². The number of unbranched alkanes of at least 4 members (excludes halogenated alkanes) is 1. The van der Waals surface area contributed by atoms with Gasteiger partial charge in [-0.15, -0.1) is 6.58 Å². The van der Waals surface area contributed by atoms with Crippen LogP contribution in [-0.4, -0.2) is 70.8 Å². The van der Waals surface area contributed by atoms with Crippen molar-refractivity contribution in [1.82, 2.24) is 5.32 Å². The van der Waals surface area contributed by atoms with Crippen LogP contribution in [-0.2, 0) is 9.53 Å². The van der Waals surface area contributed by atoms with Gasteiger partial charge in [0.25, 0.3) is 0 Å². The topological polar surface area (TPSA) is 99.0 Å². The molecule has 158 valence electrons. The molecule has 5 atom stereocenters. The van der Waals surface area contributed by atoms with Gasteiger partial charge in [-0.3, -0.25) is 4.79 Å². The van der Waals surface area contributed by atoms with Crippen LogP contribution < -0.4 is 5.32 Å². The molecule has 5 unspecified atom stereocenters. The lowest BCUT2D eigenvalue weighted by Gasteiger charge is -2.47. The van der Waals surface area contributed by atoms with Crippen molar-refractivity contribution in [2.45, 2.75) is 70.8 Å². The van der Waals surface area contributed by atoms with Gasteiger partial charge in [0, 0.05) is 17.4 Å². The summed E-state index contributed by atoms with van der Waals surface area (Å²) < 4.78 is 5.87. The van der Waals surface area contributed by atoms with Gasteiger partial charge in [0.15, 0.2) is 0 Å². The number of aliphatic carboxylic acids is 1. The van der Waals surface area contributed by atoms with Gasteiger partial charge < -0.3 is 25.4 Å². The fourth-order valence-corrected chi connectivity index (χ4v) is 4.97. The molecule has 0 spiro atoms. The van der Waals surface area contributed by atoms with Crippen LogP contribution in [0.1, 0.15) is 46.5 Å². The predicted octanol–water partition coefficient (Wildman–Crippen LogP) is 2.29. The maximum Gasteiger partial charge on any atom is 0.321 e. The van der Waals surface area contributed by atoms with Crippen molar-refractivity contribution < 1.29 is 24.9 Å². The molecular formula is C20H37NO5S. The van der Waals surface area contributed by atoms with E-state index in [4.69, 9.17) is 9.84 Å². The number of allylic oxidation sites excluding steroid dienone is 1. The molecule has 0 aromatic heterocycles. The normalized spacial score (nSPS) is 27.3. The second-order valence-electron chi connectivity index (χ2n) is 8.33. The van der Waals surface area contributed by atoms with Gasteiger partial charge in [-0.2, -0.15) is 11.8 Å². The first kappa shape index (κ1) is 24.4. The van der Waals surface area contributed by atoms with Gasteiger partial charge in [-0.1, -0.05) is 25.8 Å². The summed E-state index contributed by atoms with van der Waals surface area (Å²) in [6.45, 7) is 10.3. The molecule has 0 bridgehead atoms. The number of carboxylic acids is 1. The van der Waals surface area contributed by atoms with Crippen LogP contribution in [0.5, 0.6) is 0 Å². The van der Waals surface area contributed by atoms with E-state index in [2.05, 4.69) is 25.7 Å². The van der Waals surface area contributed by atoms with Crippen LogP contribution in [0.15, 0.2) is 12.2 Å². The van der Waals surface area contributed by atoms with Gasteiger partial charge in [-0.25, -0.2) is 0 Å². The minimum absolute atomic E-state index is 0.114. The smallest absolute Gasteiger partial charge is 0.321 e. The van der Waals surface area contributed by atoms with Gasteiger partial charge >= 0.3 is 5.97 Å². The molecule has 1 aliphatic rings. The minimum atomic E-state index is -0.880. The Hall–Kier alpha value is -0.600. The van der Waals surface area contributed by atoms with Crippen molar-refractivity contribution in [2.75, 3.05) is 25.2 Å². The highest BCUT2D eigenvalue weighted by atomic mass is 32.2. The number of carbonyl (C=O) groups is 1. The zero-order valence-corrected chi connectivity index (χ0v) is 17.9. The van der Waals surface area contributed by atoms with E-state index in [-0.39, 0.29) is 24.0 Å². The Balaban J connectivity index is 2.70. The standard InChI is InChI=1S/C20H37NO5S/c1-13(2)8-6-7-9-20(3,4)17-16(26-10-15(22)18(17)23)12-27-11-14(21-5)19(24)25/h14-18,21-23H,1,6-12H2,2-5H3,(H,24,25). The summed E-state index contributed by atoms with van der Waals surface area (Å²) in [5.41, 5.74) is 0.979. The molecule has 0 aromatic carbocycles. The SMILES string of the molecule is C=C(C)CCCCC(C)(C)C1C(CSCC(NC)C(=O)O)OCC(O)C1O. The third-order valence-corrected chi connectivity index (χ3v) is 6.57. The molecule has 0 amide bonds. The van der Waals surface area contributed by atoms with E-state index >= 15 is 0 Å². The molecule has 0 aliphatic carbocycles. The molecule has 1 heterocycles. The molecule has 4 N–H and O–H groups in total. The summed E-state index contributed by atoms with van der Waals surface area (Å²) >= 11 is 1.50. The third kappa shape index (κ3) is 7.74. The number of aliphatic hydroxyl groups is 2. The highest BCUT2D eigenvalue weighted by molar-refractivity contribution is 7.99. The molecule has 7 heteroatoms. The molecular weight excluding hydrogens is 366 g/mol. The Morgan fingerprint density at radius 2 is 2.04 bits per heavy atom. The molecule has 0 saturated carbocycles. The number of likely N-dealkylation sites (N-methyl/N-ethyl adjacent to an activating group) is 1. The summed E-state index contributed by atoms with van der Waals surface area (Å²) in [7, 11) is 1.63. The number of rotatable bonds is 12. The van der Waals surface area contributed by atoms with E-state index in [0.29, 0.717) is 11.5 Å². The number of hydrogen-bond donors (Lipinski definition) is 4. The van der Waals surface area contributed by atoms with Crippen LogP contribution in [0, 0.1) is 11.3 Å². The first-order valence-electron chi connectivity index (χ1n) is 9.70. The summed E-state index contributed by atoms with van der Waals surface area (Å²) in [6.07, 6.45) is 2.09. The summed E-state index contributed by atoms with van der Waals surface area (Å²) in [4.78, 5) is 11.1. The second-order valence-corrected chi connectivity index (χ2v) is 9.40. The summed E-state index contributed by atoms with van der Waals surface area (Å²) in [5, 5.41) is 32.7. The highest BCUT2D eigenvalue weighted by Crippen LogP contribution is 2.42. The Morgan fingerprint density at radius 3 is 2.59 bits per heavy atom. The zero-order valence-electron chi connectivity index (χ0n) is 17.1. The van der Waals surface area contributed by atoms with Gasteiger partial charge in [0.1, 0.15) is 12.1 Å². The first-order valence-corrected chi connectivity index (χ1v) is 10.9. The average Bonchev–Trinajstić information content (AvgIpc) is 2.58. The number of aliphatic hydroxyl groups excluding tert-OH is 2. The van der Waals surface area contributed by atoms with Crippen LogP contribution in [0.2, 0.25) is 0 Å². The molecule has 1 fully saturated rings. The van der Waals surface area contributed by atoms with Crippen molar-refractivity contribution in [3.63, 3.8) is 0 Å². The van der Waals surface area contributed by atoms with E-state index < -0.39 is 24.2 Å². The van der Waals surface area contributed by atoms with Crippen molar-refractivity contribution in [2.24, 2.45) is 11.3 Å². The largest absolute Gasteiger partial charge is 0.480 e. The maximum atomic E-state index is 11.1. The molecule has 1 aliphatic heterocycles. The Labute approximate surface area is 167 Å². The van der Waals surface area contributed by atoms with E-state index in [1.54, 1.807) is 7.05 Å².